The molecule has 0 saturated heterocycles. The molecule has 0 aliphatic heterocycles. The van der Waals surface area contributed by atoms with E-state index in [-0.39, 0.29) is 6.61 Å². The molecule has 0 unspecified atom stereocenters. The van der Waals surface area contributed by atoms with Gasteiger partial charge in [-0.25, -0.2) is 4.79 Å². The van der Waals surface area contributed by atoms with Gasteiger partial charge in [-0.15, -0.1) is 11.6 Å². The molecule has 0 heterocycles. The fraction of sp³-hybridized carbons (Fsp3) is 0.571. The zero-order chi connectivity index (χ0) is 9.23. The Bertz CT molecular complexity index is 185. The van der Waals surface area contributed by atoms with E-state index in [1.54, 1.807) is 0 Å². The van der Waals surface area contributed by atoms with Crippen molar-refractivity contribution in [3.63, 3.8) is 0 Å². The Morgan fingerprint density at radius 1 is 1.50 bits per heavy atom. The van der Waals surface area contributed by atoms with Crippen LogP contribution in [0, 0.1) is 9.85 Å². The van der Waals surface area contributed by atoms with Crippen LogP contribution in [-0.2, 0) is 9.47 Å². The molecule has 68 valence electrons. The summed E-state index contributed by atoms with van der Waals surface area (Å²) in [6.07, 6.45) is -0.0616. The maximum Gasteiger partial charge on any atom is 0.509 e. The van der Waals surface area contributed by atoms with Crippen LogP contribution in [0.3, 0.4) is 0 Å². The third kappa shape index (κ3) is 7.95. The van der Waals surface area contributed by atoms with Crippen LogP contribution in [0.5, 0.6) is 0 Å². The molecule has 0 bridgehead atoms. The Morgan fingerprint density at radius 2 is 2.25 bits per heavy atom. The first-order valence-corrected chi connectivity index (χ1v) is 4.86. The van der Waals surface area contributed by atoms with Gasteiger partial charge in [-0.1, -0.05) is 5.92 Å². The van der Waals surface area contributed by atoms with Gasteiger partial charge in [0.25, 0.3) is 0 Å². The lowest BCUT2D eigenvalue weighted by Crippen LogP contribution is -2.08. The van der Waals surface area contributed by atoms with Crippen LogP contribution in [-0.4, -0.2) is 25.2 Å². The maximum atomic E-state index is 10.6. The van der Waals surface area contributed by atoms with Gasteiger partial charge in [0.15, 0.2) is 6.61 Å². The molecule has 0 aromatic rings. The average molecular weight is 302 g/mol. The molecule has 0 N–H and O–H groups in total. The predicted octanol–water partition coefficient (Wildman–Crippen LogP) is 2.16. The molecule has 0 aromatic heterocycles. The van der Waals surface area contributed by atoms with Gasteiger partial charge in [-0.3, -0.25) is 0 Å². The summed E-state index contributed by atoms with van der Waals surface area (Å²) in [6, 6.07) is 0. The largest absolute Gasteiger partial charge is 0.509 e. The highest BCUT2D eigenvalue weighted by Crippen LogP contribution is 1.89. The monoisotopic (exact) mass is 302 g/mol. The quantitative estimate of drug-likeness (QED) is 0.262. The van der Waals surface area contributed by atoms with Crippen molar-refractivity contribution in [1.82, 2.24) is 0 Å². The van der Waals surface area contributed by atoms with Crippen molar-refractivity contribution in [2.45, 2.75) is 6.42 Å². The highest BCUT2D eigenvalue weighted by molar-refractivity contribution is 14.1. The fourth-order valence-corrected chi connectivity index (χ4v) is 0.639. The summed E-state index contributed by atoms with van der Waals surface area (Å²) < 4.78 is 11.7. The molecular weight excluding hydrogens is 294 g/mol. The van der Waals surface area contributed by atoms with Crippen LogP contribution in [0.15, 0.2) is 0 Å². The molecule has 0 fully saturated rings. The third-order valence-electron chi connectivity index (χ3n) is 0.827. The molecule has 0 rings (SSSR count). The lowest BCUT2D eigenvalue weighted by atomic mass is 10.5. The van der Waals surface area contributed by atoms with Gasteiger partial charge in [0.2, 0.25) is 0 Å². The highest BCUT2D eigenvalue weighted by Gasteiger charge is 2.00. The highest BCUT2D eigenvalue weighted by atomic mass is 127. The number of ether oxygens (including phenoxy) is 2. The van der Waals surface area contributed by atoms with E-state index in [9.17, 15) is 4.79 Å². The molecule has 0 saturated carbocycles. The van der Waals surface area contributed by atoms with Gasteiger partial charge in [-0.2, -0.15) is 0 Å². The number of hydrogen-bond acceptors (Lipinski definition) is 3. The number of alkyl halides is 1. The molecule has 0 spiro atoms. The van der Waals surface area contributed by atoms with E-state index in [1.807, 2.05) is 22.6 Å². The van der Waals surface area contributed by atoms with E-state index < -0.39 is 6.16 Å². The summed E-state index contributed by atoms with van der Waals surface area (Å²) in [7, 11) is 0. The second kappa shape index (κ2) is 8.94. The van der Waals surface area contributed by atoms with Crippen LogP contribution in [0.1, 0.15) is 6.42 Å². The molecule has 0 radical (unpaired) electrons. The van der Waals surface area contributed by atoms with Gasteiger partial charge in [0, 0.05) is 28.5 Å². The van der Waals surface area contributed by atoms with E-state index in [0.717, 1.165) is 0 Å². The topological polar surface area (TPSA) is 35.5 Å². The second-order valence-corrected chi connectivity index (χ2v) is 2.62. The van der Waals surface area contributed by atoms with Gasteiger partial charge in [0.1, 0.15) is 0 Å². The van der Waals surface area contributed by atoms with Crippen molar-refractivity contribution in [1.29, 1.82) is 0 Å². The molecule has 5 heteroatoms. The van der Waals surface area contributed by atoms with Gasteiger partial charge in [-0.05, 0) is 10.3 Å². The number of carbonyl (C=O) groups excluding carboxylic acids is 1. The Balaban J connectivity index is 3.25. The van der Waals surface area contributed by atoms with E-state index in [1.165, 1.54) is 0 Å². The van der Waals surface area contributed by atoms with Gasteiger partial charge in [0.05, 0.1) is 6.61 Å². The van der Waals surface area contributed by atoms with E-state index in [2.05, 4.69) is 19.3 Å². The normalized spacial score (nSPS) is 8.17. The van der Waals surface area contributed by atoms with Crippen LogP contribution in [0.4, 0.5) is 4.79 Å². The van der Waals surface area contributed by atoms with E-state index in [0.29, 0.717) is 18.9 Å². The third-order valence-corrected chi connectivity index (χ3v) is 1.48. The van der Waals surface area contributed by atoms with Crippen LogP contribution in [0.2, 0.25) is 0 Å². The second-order valence-electron chi connectivity index (χ2n) is 1.70. The Kier molecular flexibility index (Phi) is 8.83. The minimum absolute atomic E-state index is 0.0721. The molecule has 12 heavy (non-hydrogen) atoms. The molecular formula is C7H8ClIO3. The summed E-state index contributed by atoms with van der Waals surface area (Å²) in [6.45, 7) is 0.364. The Morgan fingerprint density at radius 3 is 2.83 bits per heavy atom. The van der Waals surface area contributed by atoms with Crippen LogP contribution in [0.25, 0.3) is 0 Å². The zero-order valence-corrected chi connectivity index (χ0v) is 9.22. The average Bonchev–Trinajstić information content (AvgIpc) is 2.06. The summed E-state index contributed by atoms with van der Waals surface area (Å²) in [5.74, 6) is 3.03. The number of hydrogen-bond donors (Lipinski definition) is 0. The summed E-state index contributed by atoms with van der Waals surface area (Å²) in [5.41, 5.74) is 0. The smallest absolute Gasteiger partial charge is 0.434 e. The van der Waals surface area contributed by atoms with Crippen molar-refractivity contribution >= 4 is 40.3 Å². The maximum absolute atomic E-state index is 10.6. The lowest BCUT2D eigenvalue weighted by Gasteiger charge is -2.01. The number of halogens is 2. The van der Waals surface area contributed by atoms with E-state index in [4.69, 9.17) is 11.6 Å². The van der Waals surface area contributed by atoms with Crippen molar-refractivity contribution in [2.24, 2.45) is 0 Å². The van der Waals surface area contributed by atoms with Crippen molar-refractivity contribution in [3.8, 4) is 9.85 Å². The molecule has 0 aromatic carbocycles. The van der Waals surface area contributed by atoms with Crippen molar-refractivity contribution < 1.29 is 14.3 Å². The van der Waals surface area contributed by atoms with Crippen LogP contribution < -0.4 is 0 Å². The minimum atomic E-state index is -0.695. The number of rotatable bonds is 4. The fourth-order valence-electron chi connectivity index (χ4n) is 0.374. The Hall–Kier alpha value is -0.150. The predicted molar refractivity (Wildman–Crippen MR) is 54.4 cm³/mol. The van der Waals surface area contributed by atoms with Gasteiger partial charge < -0.3 is 9.47 Å². The molecule has 0 atom stereocenters. The minimum Gasteiger partial charge on any atom is -0.434 e. The first kappa shape index (κ1) is 11.8. The molecule has 0 aliphatic carbocycles. The first-order chi connectivity index (χ1) is 5.81. The van der Waals surface area contributed by atoms with Crippen molar-refractivity contribution in [2.75, 3.05) is 19.1 Å². The Labute approximate surface area is 89.9 Å². The summed E-state index contributed by atoms with van der Waals surface area (Å²) >= 11 is 7.21. The van der Waals surface area contributed by atoms with Crippen molar-refractivity contribution in [3.05, 3.63) is 0 Å². The summed E-state index contributed by atoms with van der Waals surface area (Å²) in [4.78, 5) is 10.6. The zero-order valence-electron chi connectivity index (χ0n) is 6.31. The SMILES string of the molecule is O=C(OCC#CI)OCCCCl. The lowest BCUT2D eigenvalue weighted by molar-refractivity contribution is 0.0648. The molecule has 0 aliphatic rings. The van der Waals surface area contributed by atoms with Crippen LogP contribution >= 0.6 is 34.2 Å². The first-order valence-electron chi connectivity index (χ1n) is 3.25. The summed E-state index contributed by atoms with van der Waals surface area (Å²) in [5, 5.41) is 0. The number of carbonyl (C=O) groups is 1. The van der Waals surface area contributed by atoms with E-state index >= 15 is 0 Å². The molecule has 0 amide bonds. The molecule has 3 nitrogen and oxygen atoms in total. The standard InChI is InChI=1S/C7H8ClIO3/c8-3-1-5-11-7(10)12-6-2-4-9/h1,3,5-6H2. The van der Waals surface area contributed by atoms with Gasteiger partial charge >= 0.3 is 6.16 Å².